The fourth-order valence-corrected chi connectivity index (χ4v) is 3.37. The maximum absolute atomic E-state index is 12.6. The van der Waals surface area contributed by atoms with Crippen molar-refractivity contribution in [1.29, 1.82) is 0 Å². The number of cyclic esters (lactones) is 2. The summed E-state index contributed by atoms with van der Waals surface area (Å²) in [5, 5.41) is 2.18. The number of hydrogen-bond donors (Lipinski definition) is 0. The fourth-order valence-electron chi connectivity index (χ4n) is 2.33. The molecule has 2 heterocycles. The zero-order valence-corrected chi connectivity index (χ0v) is 12.2. The first-order chi connectivity index (χ1) is 10.1. The van der Waals surface area contributed by atoms with Crippen LogP contribution in [0, 0.1) is 5.92 Å². The van der Waals surface area contributed by atoms with Crippen LogP contribution in [-0.4, -0.2) is 17.7 Å². The molecule has 0 aliphatic carbocycles. The standard InChI is InChI=1S/C15H9ClO4S/c16-9-4-1-3-8(7-9)13(17)12-11(10-5-2-6-21-10)14(18)20-15(12)19/h1-7,11-12H. The van der Waals surface area contributed by atoms with Crippen LogP contribution >= 0.6 is 22.9 Å². The molecule has 0 amide bonds. The van der Waals surface area contributed by atoms with Gasteiger partial charge in [-0.25, -0.2) is 0 Å². The lowest BCUT2D eigenvalue weighted by atomic mass is 9.86. The van der Waals surface area contributed by atoms with E-state index < -0.39 is 29.6 Å². The van der Waals surface area contributed by atoms with Gasteiger partial charge in [0.05, 0.1) is 0 Å². The summed E-state index contributed by atoms with van der Waals surface area (Å²) >= 11 is 7.18. The summed E-state index contributed by atoms with van der Waals surface area (Å²) in [5.74, 6) is -3.95. The highest BCUT2D eigenvalue weighted by atomic mass is 35.5. The zero-order valence-electron chi connectivity index (χ0n) is 10.6. The quantitative estimate of drug-likeness (QED) is 0.495. The molecule has 2 aromatic rings. The predicted molar refractivity (Wildman–Crippen MR) is 77.4 cm³/mol. The average Bonchev–Trinajstić information content (AvgIpc) is 3.05. The highest BCUT2D eigenvalue weighted by molar-refractivity contribution is 7.10. The molecular weight excluding hydrogens is 312 g/mol. The van der Waals surface area contributed by atoms with Crippen molar-refractivity contribution < 1.29 is 19.1 Å². The third-order valence-corrected chi connectivity index (χ3v) is 4.47. The van der Waals surface area contributed by atoms with Gasteiger partial charge in [0.15, 0.2) is 5.78 Å². The van der Waals surface area contributed by atoms with E-state index in [9.17, 15) is 14.4 Å². The number of carbonyl (C=O) groups is 3. The van der Waals surface area contributed by atoms with Crippen LogP contribution in [0.15, 0.2) is 41.8 Å². The molecule has 1 aromatic heterocycles. The normalized spacial score (nSPS) is 21.4. The average molecular weight is 321 g/mol. The smallest absolute Gasteiger partial charge is 0.325 e. The second-order valence-electron chi connectivity index (χ2n) is 4.59. The molecule has 1 aliphatic heterocycles. The van der Waals surface area contributed by atoms with Crippen LogP contribution in [0.4, 0.5) is 0 Å². The monoisotopic (exact) mass is 320 g/mol. The van der Waals surface area contributed by atoms with Crippen LogP contribution in [0.3, 0.4) is 0 Å². The first-order valence-electron chi connectivity index (χ1n) is 6.16. The van der Waals surface area contributed by atoms with Gasteiger partial charge >= 0.3 is 11.9 Å². The molecule has 106 valence electrons. The summed E-state index contributed by atoms with van der Waals surface area (Å²) in [6.45, 7) is 0. The highest BCUT2D eigenvalue weighted by Crippen LogP contribution is 2.37. The van der Waals surface area contributed by atoms with Crippen LogP contribution in [0.5, 0.6) is 0 Å². The molecule has 6 heteroatoms. The van der Waals surface area contributed by atoms with Crippen LogP contribution in [0.2, 0.25) is 5.02 Å². The minimum absolute atomic E-state index is 0.292. The number of carbonyl (C=O) groups excluding carboxylic acids is 3. The SMILES string of the molecule is O=C1OC(=O)C(c2cccs2)C1C(=O)c1cccc(Cl)c1. The molecule has 3 rings (SSSR count). The number of hydrogen-bond acceptors (Lipinski definition) is 5. The number of rotatable bonds is 3. The van der Waals surface area contributed by atoms with E-state index in [-0.39, 0.29) is 0 Å². The van der Waals surface area contributed by atoms with E-state index in [4.69, 9.17) is 11.6 Å². The van der Waals surface area contributed by atoms with Crippen molar-refractivity contribution >= 4 is 40.7 Å². The first-order valence-corrected chi connectivity index (χ1v) is 7.42. The number of halogens is 1. The van der Waals surface area contributed by atoms with E-state index in [0.717, 1.165) is 0 Å². The van der Waals surface area contributed by atoms with E-state index >= 15 is 0 Å². The lowest BCUT2D eigenvalue weighted by molar-refractivity contribution is -0.152. The Balaban J connectivity index is 2.00. The Hall–Kier alpha value is -1.98. The van der Waals surface area contributed by atoms with Crippen molar-refractivity contribution in [3.8, 4) is 0 Å². The van der Waals surface area contributed by atoms with Crippen LogP contribution in [0.25, 0.3) is 0 Å². The minimum Gasteiger partial charge on any atom is -0.392 e. The van der Waals surface area contributed by atoms with Gasteiger partial charge in [-0.15, -0.1) is 11.3 Å². The number of ether oxygens (including phenoxy) is 1. The molecule has 21 heavy (non-hydrogen) atoms. The Morgan fingerprint density at radius 3 is 2.62 bits per heavy atom. The molecule has 2 unspecified atom stereocenters. The van der Waals surface area contributed by atoms with Gasteiger partial charge in [-0.2, -0.15) is 0 Å². The van der Waals surface area contributed by atoms with Gasteiger partial charge in [0.1, 0.15) is 11.8 Å². The van der Waals surface area contributed by atoms with Crippen LogP contribution in [0.1, 0.15) is 21.2 Å². The summed E-state index contributed by atoms with van der Waals surface area (Å²) in [7, 11) is 0. The van der Waals surface area contributed by atoms with Gasteiger partial charge in [-0.3, -0.25) is 14.4 Å². The minimum atomic E-state index is -1.14. The van der Waals surface area contributed by atoms with Crippen LogP contribution in [-0.2, 0) is 14.3 Å². The summed E-state index contributed by atoms with van der Waals surface area (Å²) in [6.07, 6.45) is 0. The number of esters is 2. The maximum atomic E-state index is 12.6. The largest absolute Gasteiger partial charge is 0.392 e. The van der Waals surface area contributed by atoms with Crippen molar-refractivity contribution in [2.75, 3.05) is 0 Å². The van der Waals surface area contributed by atoms with E-state index in [1.165, 1.54) is 17.4 Å². The predicted octanol–water partition coefficient (Wildman–Crippen LogP) is 3.07. The summed E-state index contributed by atoms with van der Waals surface area (Å²) in [4.78, 5) is 37.0. The van der Waals surface area contributed by atoms with Gasteiger partial charge in [-0.1, -0.05) is 29.8 Å². The molecule has 1 fully saturated rings. The molecule has 0 radical (unpaired) electrons. The third-order valence-electron chi connectivity index (χ3n) is 3.28. The molecule has 2 atom stereocenters. The summed E-state index contributed by atoms with van der Waals surface area (Å²) in [6, 6.07) is 9.77. The van der Waals surface area contributed by atoms with E-state index in [0.29, 0.717) is 15.5 Å². The Morgan fingerprint density at radius 2 is 1.95 bits per heavy atom. The van der Waals surface area contributed by atoms with Gasteiger partial charge in [0.2, 0.25) is 0 Å². The molecule has 1 aromatic carbocycles. The summed E-state index contributed by atoms with van der Waals surface area (Å²) in [5.41, 5.74) is 0.292. The van der Waals surface area contributed by atoms with Crippen molar-refractivity contribution in [3.05, 3.63) is 57.2 Å². The molecular formula is C15H9ClO4S. The molecule has 1 aliphatic rings. The van der Waals surface area contributed by atoms with Crippen molar-refractivity contribution in [2.24, 2.45) is 5.92 Å². The third kappa shape index (κ3) is 2.50. The van der Waals surface area contributed by atoms with Gasteiger partial charge in [-0.05, 0) is 23.6 Å². The number of Topliss-reactive ketones (excluding diaryl/α,β-unsaturated/α-hetero) is 1. The van der Waals surface area contributed by atoms with Gasteiger partial charge in [0.25, 0.3) is 0 Å². The topological polar surface area (TPSA) is 60.4 Å². The molecule has 0 N–H and O–H groups in total. The van der Waals surface area contributed by atoms with E-state index in [2.05, 4.69) is 4.74 Å². The van der Waals surface area contributed by atoms with E-state index in [1.54, 1.807) is 35.7 Å². The first kappa shape index (κ1) is 14.0. The summed E-state index contributed by atoms with van der Waals surface area (Å²) < 4.78 is 4.66. The fraction of sp³-hybridized carbons (Fsp3) is 0.133. The van der Waals surface area contributed by atoms with Gasteiger partial charge < -0.3 is 4.74 Å². The van der Waals surface area contributed by atoms with E-state index in [1.807, 2.05) is 0 Å². The second-order valence-corrected chi connectivity index (χ2v) is 6.00. The van der Waals surface area contributed by atoms with Crippen molar-refractivity contribution in [1.82, 2.24) is 0 Å². The van der Waals surface area contributed by atoms with Crippen LogP contribution < -0.4 is 0 Å². The number of ketones is 1. The molecule has 0 bridgehead atoms. The van der Waals surface area contributed by atoms with Gasteiger partial charge in [0, 0.05) is 15.5 Å². The molecule has 0 saturated carbocycles. The molecule has 4 nitrogen and oxygen atoms in total. The Kier molecular flexibility index (Phi) is 3.61. The lowest BCUT2D eigenvalue weighted by Gasteiger charge is -2.11. The van der Waals surface area contributed by atoms with Crippen molar-refractivity contribution in [3.63, 3.8) is 0 Å². The maximum Gasteiger partial charge on any atom is 0.325 e. The lowest BCUT2D eigenvalue weighted by Crippen LogP contribution is -2.25. The number of thiophene rings is 1. The molecule has 0 spiro atoms. The Bertz CT molecular complexity index is 723. The second kappa shape index (κ2) is 5.42. The van der Waals surface area contributed by atoms with Crippen molar-refractivity contribution in [2.45, 2.75) is 5.92 Å². The Morgan fingerprint density at radius 1 is 1.14 bits per heavy atom. The molecule has 1 saturated heterocycles. The Labute approximate surface area is 129 Å². The highest BCUT2D eigenvalue weighted by Gasteiger charge is 2.50. The zero-order chi connectivity index (χ0) is 15.0. The number of benzene rings is 1.